The number of esters is 1. The molecule has 1 aromatic rings. The second-order valence-electron chi connectivity index (χ2n) is 3.68. The first kappa shape index (κ1) is 14.7. The molecule has 0 atom stereocenters. The first-order chi connectivity index (χ1) is 7.81. The molecule has 0 fully saturated rings. The van der Waals surface area contributed by atoms with Crippen molar-refractivity contribution < 1.29 is 17.9 Å². The first-order valence-corrected chi connectivity index (χ1v) is 8.63. The molecule has 0 amide bonds. The molecule has 0 spiro atoms. The lowest BCUT2D eigenvalue weighted by atomic mass is 10.3. The van der Waals surface area contributed by atoms with Crippen molar-refractivity contribution in [2.24, 2.45) is 0 Å². The number of halogens is 1. The minimum Gasteiger partial charge on any atom is -0.461 e. The highest BCUT2D eigenvalue weighted by Gasteiger charge is 2.15. The number of thiophene rings is 1. The van der Waals surface area contributed by atoms with Gasteiger partial charge in [0.05, 0.1) is 12.4 Å². The van der Waals surface area contributed by atoms with Gasteiger partial charge in [0.25, 0.3) is 0 Å². The SMILES string of the molecule is Cc1csc(C(=O)OCCCS(C)(=O)=O)c1Br. The Morgan fingerprint density at radius 3 is 2.65 bits per heavy atom. The number of ether oxygens (including phenoxy) is 1. The fourth-order valence-electron chi connectivity index (χ4n) is 1.12. The molecule has 0 aliphatic carbocycles. The third-order valence-electron chi connectivity index (χ3n) is 1.98. The molecule has 17 heavy (non-hydrogen) atoms. The van der Waals surface area contributed by atoms with Gasteiger partial charge in [0, 0.05) is 10.7 Å². The number of rotatable bonds is 5. The molecule has 1 heterocycles. The van der Waals surface area contributed by atoms with Crippen LogP contribution in [-0.2, 0) is 14.6 Å². The largest absolute Gasteiger partial charge is 0.461 e. The summed E-state index contributed by atoms with van der Waals surface area (Å²) in [7, 11) is -2.99. The zero-order chi connectivity index (χ0) is 13.1. The molecule has 0 radical (unpaired) electrons. The van der Waals surface area contributed by atoms with Crippen LogP contribution in [-0.4, -0.2) is 33.0 Å². The van der Waals surface area contributed by atoms with E-state index >= 15 is 0 Å². The average Bonchev–Trinajstić information content (AvgIpc) is 2.53. The molecule has 7 heteroatoms. The van der Waals surface area contributed by atoms with Crippen LogP contribution in [0.4, 0.5) is 0 Å². The van der Waals surface area contributed by atoms with Gasteiger partial charge < -0.3 is 4.74 Å². The van der Waals surface area contributed by atoms with E-state index in [-0.39, 0.29) is 12.4 Å². The van der Waals surface area contributed by atoms with Gasteiger partial charge in [0.2, 0.25) is 0 Å². The normalized spacial score (nSPS) is 11.5. The Balaban J connectivity index is 2.43. The Bertz CT molecular complexity index is 504. The van der Waals surface area contributed by atoms with E-state index in [4.69, 9.17) is 4.74 Å². The summed E-state index contributed by atoms with van der Waals surface area (Å²) >= 11 is 4.61. The van der Waals surface area contributed by atoms with Gasteiger partial charge in [-0.15, -0.1) is 11.3 Å². The van der Waals surface area contributed by atoms with Crippen molar-refractivity contribution in [2.75, 3.05) is 18.6 Å². The van der Waals surface area contributed by atoms with Gasteiger partial charge in [-0.05, 0) is 40.2 Å². The zero-order valence-electron chi connectivity index (χ0n) is 9.53. The summed E-state index contributed by atoms with van der Waals surface area (Å²) in [5, 5.41) is 1.86. The molecule has 0 aromatic carbocycles. The molecule has 1 aromatic heterocycles. The van der Waals surface area contributed by atoms with E-state index in [1.54, 1.807) is 0 Å². The molecular formula is C10H13BrO4S2. The molecule has 0 bridgehead atoms. The highest BCUT2D eigenvalue weighted by molar-refractivity contribution is 9.10. The van der Waals surface area contributed by atoms with Crippen molar-refractivity contribution in [1.29, 1.82) is 0 Å². The van der Waals surface area contributed by atoms with Crippen molar-refractivity contribution in [2.45, 2.75) is 13.3 Å². The third kappa shape index (κ3) is 4.77. The van der Waals surface area contributed by atoms with Gasteiger partial charge in [-0.25, -0.2) is 13.2 Å². The minimum atomic E-state index is -2.99. The maximum atomic E-state index is 11.6. The molecule has 1 rings (SSSR count). The number of carbonyl (C=O) groups is 1. The maximum Gasteiger partial charge on any atom is 0.349 e. The summed E-state index contributed by atoms with van der Waals surface area (Å²) in [5.41, 5.74) is 0.984. The van der Waals surface area contributed by atoms with E-state index < -0.39 is 15.8 Å². The molecule has 0 N–H and O–H groups in total. The predicted molar refractivity (Wildman–Crippen MR) is 71.4 cm³/mol. The Hall–Kier alpha value is -0.400. The highest BCUT2D eigenvalue weighted by atomic mass is 79.9. The van der Waals surface area contributed by atoms with E-state index in [0.29, 0.717) is 11.3 Å². The lowest BCUT2D eigenvalue weighted by Gasteiger charge is -2.03. The van der Waals surface area contributed by atoms with Gasteiger partial charge in [-0.3, -0.25) is 0 Å². The minimum absolute atomic E-state index is 0.0327. The van der Waals surface area contributed by atoms with Gasteiger partial charge in [-0.2, -0.15) is 0 Å². The van der Waals surface area contributed by atoms with E-state index in [1.165, 1.54) is 11.3 Å². The van der Waals surface area contributed by atoms with Crippen LogP contribution in [0, 0.1) is 6.92 Å². The monoisotopic (exact) mass is 340 g/mol. The third-order valence-corrected chi connectivity index (χ3v) is 5.37. The number of hydrogen-bond acceptors (Lipinski definition) is 5. The Kier molecular flexibility index (Phi) is 5.15. The summed E-state index contributed by atoms with van der Waals surface area (Å²) in [4.78, 5) is 12.1. The lowest BCUT2D eigenvalue weighted by molar-refractivity contribution is 0.0510. The van der Waals surface area contributed by atoms with E-state index in [9.17, 15) is 13.2 Å². The van der Waals surface area contributed by atoms with Crippen LogP contribution in [0.1, 0.15) is 21.7 Å². The van der Waals surface area contributed by atoms with Gasteiger partial charge in [-0.1, -0.05) is 0 Å². The van der Waals surface area contributed by atoms with Crippen molar-refractivity contribution >= 4 is 43.1 Å². The molecule has 0 unspecified atom stereocenters. The molecule has 0 saturated carbocycles. The standard InChI is InChI=1S/C10H13BrO4S2/c1-7-6-16-9(8(7)11)10(12)15-4-3-5-17(2,13)14/h6H,3-5H2,1-2H3. The van der Waals surface area contributed by atoms with Crippen LogP contribution >= 0.6 is 27.3 Å². The Labute approximate surface area is 113 Å². The second-order valence-corrected chi connectivity index (χ2v) is 7.61. The smallest absolute Gasteiger partial charge is 0.349 e. The highest BCUT2D eigenvalue weighted by Crippen LogP contribution is 2.28. The van der Waals surface area contributed by atoms with Crippen LogP contribution in [0.2, 0.25) is 0 Å². The molecule has 4 nitrogen and oxygen atoms in total. The lowest BCUT2D eigenvalue weighted by Crippen LogP contribution is -2.10. The average molecular weight is 341 g/mol. The van der Waals surface area contributed by atoms with Gasteiger partial charge in [0.15, 0.2) is 0 Å². The molecule has 96 valence electrons. The Morgan fingerprint density at radius 1 is 1.53 bits per heavy atom. The summed E-state index contributed by atoms with van der Waals surface area (Å²) < 4.78 is 27.5. The summed E-state index contributed by atoms with van der Waals surface area (Å²) in [6, 6.07) is 0. The Morgan fingerprint density at radius 2 is 2.18 bits per heavy atom. The van der Waals surface area contributed by atoms with Crippen molar-refractivity contribution in [3.05, 3.63) is 20.3 Å². The van der Waals surface area contributed by atoms with Crippen LogP contribution in [0.5, 0.6) is 0 Å². The van der Waals surface area contributed by atoms with Crippen LogP contribution < -0.4 is 0 Å². The number of sulfone groups is 1. The van der Waals surface area contributed by atoms with Crippen molar-refractivity contribution in [3.63, 3.8) is 0 Å². The topological polar surface area (TPSA) is 60.4 Å². The molecular weight excluding hydrogens is 328 g/mol. The first-order valence-electron chi connectivity index (χ1n) is 4.89. The van der Waals surface area contributed by atoms with E-state index in [0.717, 1.165) is 16.3 Å². The molecule has 0 aliphatic rings. The van der Waals surface area contributed by atoms with Crippen molar-refractivity contribution in [1.82, 2.24) is 0 Å². The van der Waals surface area contributed by atoms with Crippen LogP contribution in [0.3, 0.4) is 0 Å². The maximum absolute atomic E-state index is 11.6. The second kappa shape index (κ2) is 5.97. The fourth-order valence-corrected chi connectivity index (χ4v) is 3.30. The summed E-state index contributed by atoms with van der Waals surface area (Å²) in [6.07, 6.45) is 1.49. The molecule has 0 aliphatic heterocycles. The van der Waals surface area contributed by atoms with E-state index in [1.807, 2.05) is 12.3 Å². The fraction of sp³-hybridized carbons (Fsp3) is 0.500. The summed E-state index contributed by atoms with van der Waals surface area (Å²) in [6.45, 7) is 2.01. The summed E-state index contributed by atoms with van der Waals surface area (Å²) in [5.74, 6) is -0.381. The predicted octanol–water partition coefficient (Wildman–Crippen LogP) is 2.41. The van der Waals surface area contributed by atoms with Crippen molar-refractivity contribution in [3.8, 4) is 0 Å². The van der Waals surface area contributed by atoms with Gasteiger partial charge in [0.1, 0.15) is 14.7 Å². The number of carbonyl (C=O) groups excluding carboxylic acids is 1. The number of aryl methyl sites for hydroxylation is 1. The van der Waals surface area contributed by atoms with E-state index in [2.05, 4.69) is 15.9 Å². The van der Waals surface area contributed by atoms with Gasteiger partial charge >= 0.3 is 5.97 Å². The zero-order valence-corrected chi connectivity index (χ0v) is 12.7. The quantitative estimate of drug-likeness (QED) is 0.610. The number of hydrogen-bond donors (Lipinski definition) is 0. The molecule has 0 saturated heterocycles. The van der Waals surface area contributed by atoms with Crippen LogP contribution in [0.15, 0.2) is 9.85 Å². The van der Waals surface area contributed by atoms with Crippen LogP contribution in [0.25, 0.3) is 0 Å².